The molecule has 0 saturated carbocycles. The predicted molar refractivity (Wildman–Crippen MR) is 75.9 cm³/mol. The molecule has 4 nitrogen and oxygen atoms in total. The predicted octanol–water partition coefficient (Wildman–Crippen LogP) is 2.77. The lowest BCUT2D eigenvalue weighted by atomic mass is 10.0. The van der Waals surface area contributed by atoms with Crippen molar-refractivity contribution >= 4 is 18.2 Å². The average Bonchev–Trinajstić information content (AvgIpc) is 2.68. The van der Waals surface area contributed by atoms with Crippen LogP contribution in [0.4, 0.5) is 0 Å². The van der Waals surface area contributed by atoms with E-state index in [-0.39, 0.29) is 0 Å². The van der Waals surface area contributed by atoms with Crippen LogP contribution >= 0.6 is 12.2 Å². The maximum atomic E-state index is 11.8. The van der Waals surface area contributed by atoms with Gasteiger partial charge in [-0.1, -0.05) is 24.3 Å². The summed E-state index contributed by atoms with van der Waals surface area (Å²) in [7, 11) is 3.21. The molecule has 0 aliphatic carbocycles. The third-order valence-corrected chi connectivity index (χ3v) is 3.61. The van der Waals surface area contributed by atoms with E-state index in [9.17, 15) is 4.79 Å². The minimum atomic E-state index is -0.393. The zero-order valence-electron chi connectivity index (χ0n) is 11.2. The van der Waals surface area contributed by atoms with Crippen molar-refractivity contribution in [3.8, 4) is 0 Å². The van der Waals surface area contributed by atoms with Gasteiger partial charge in [0.05, 0.1) is 12.8 Å². The Kier molecular flexibility index (Phi) is 3.85. The van der Waals surface area contributed by atoms with E-state index in [1.165, 1.54) is 12.7 Å². The van der Waals surface area contributed by atoms with Crippen molar-refractivity contribution in [2.75, 3.05) is 7.11 Å². The topological polar surface area (TPSA) is 47.0 Å². The molecule has 2 aromatic rings. The first kappa shape index (κ1) is 13.5. The normalized spacial score (nSPS) is 10.5. The van der Waals surface area contributed by atoms with Gasteiger partial charge in [-0.2, -0.15) is 0 Å². The van der Waals surface area contributed by atoms with Gasteiger partial charge in [0, 0.05) is 13.5 Å². The van der Waals surface area contributed by atoms with Crippen LogP contribution in [-0.4, -0.2) is 22.6 Å². The molecular weight excluding hydrogens is 260 g/mol. The van der Waals surface area contributed by atoms with Crippen molar-refractivity contribution in [3.63, 3.8) is 0 Å². The SMILES string of the molecule is COC(=O)c1[nH]c(=S)n(C)c1Cc1ccccc1C. The summed E-state index contributed by atoms with van der Waals surface area (Å²) in [5, 5.41) is 0. The summed E-state index contributed by atoms with van der Waals surface area (Å²) >= 11 is 5.18. The van der Waals surface area contributed by atoms with E-state index in [1.807, 2.05) is 29.8 Å². The monoisotopic (exact) mass is 276 g/mol. The van der Waals surface area contributed by atoms with Crippen LogP contribution in [0.3, 0.4) is 0 Å². The minimum Gasteiger partial charge on any atom is -0.464 e. The summed E-state index contributed by atoms with van der Waals surface area (Å²) in [4.78, 5) is 14.7. The van der Waals surface area contributed by atoms with Crippen LogP contribution in [0.15, 0.2) is 24.3 Å². The Morgan fingerprint density at radius 3 is 2.74 bits per heavy atom. The number of ether oxygens (including phenoxy) is 1. The van der Waals surface area contributed by atoms with Crippen LogP contribution in [0.2, 0.25) is 0 Å². The lowest BCUT2D eigenvalue weighted by molar-refractivity contribution is 0.0593. The number of rotatable bonds is 3. The highest BCUT2D eigenvalue weighted by molar-refractivity contribution is 7.71. The molecule has 0 spiro atoms. The second kappa shape index (κ2) is 5.40. The lowest BCUT2D eigenvalue weighted by Gasteiger charge is -2.08. The number of carbonyl (C=O) groups is 1. The Morgan fingerprint density at radius 1 is 1.42 bits per heavy atom. The van der Waals surface area contributed by atoms with Crippen molar-refractivity contribution in [1.29, 1.82) is 0 Å². The van der Waals surface area contributed by atoms with Gasteiger partial charge in [0.2, 0.25) is 0 Å². The zero-order valence-corrected chi connectivity index (χ0v) is 12.0. The van der Waals surface area contributed by atoms with E-state index in [0.717, 1.165) is 11.3 Å². The van der Waals surface area contributed by atoms with Crippen molar-refractivity contribution in [2.24, 2.45) is 7.05 Å². The number of hydrogen-bond acceptors (Lipinski definition) is 3. The number of esters is 1. The summed E-state index contributed by atoms with van der Waals surface area (Å²) in [6, 6.07) is 8.08. The maximum absolute atomic E-state index is 11.8. The number of methoxy groups -OCH3 is 1. The van der Waals surface area contributed by atoms with E-state index < -0.39 is 5.97 Å². The van der Waals surface area contributed by atoms with Gasteiger partial charge in [0.25, 0.3) is 0 Å². The molecule has 0 bridgehead atoms. The number of benzene rings is 1. The molecule has 1 aromatic heterocycles. The molecule has 2 rings (SSSR count). The number of nitrogens with zero attached hydrogens (tertiary/aromatic N) is 1. The van der Waals surface area contributed by atoms with Crippen molar-refractivity contribution in [1.82, 2.24) is 9.55 Å². The Morgan fingerprint density at radius 2 is 2.11 bits per heavy atom. The van der Waals surface area contributed by atoms with E-state index >= 15 is 0 Å². The highest BCUT2D eigenvalue weighted by Gasteiger charge is 2.18. The number of H-pyrrole nitrogens is 1. The van der Waals surface area contributed by atoms with Gasteiger partial charge in [0.15, 0.2) is 4.77 Å². The van der Waals surface area contributed by atoms with Crippen LogP contribution in [0.1, 0.15) is 27.3 Å². The number of aromatic nitrogens is 2. The number of hydrogen-bond donors (Lipinski definition) is 1. The van der Waals surface area contributed by atoms with Gasteiger partial charge >= 0.3 is 5.97 Å². The summed E-state index contributed by atoms with van der Waals surface area (Å²) < 4.78 is 7.11. The summed E-state index contributed by atoms with van der Waals surface area (Å²) in [6.07, 6.45) is 0.640. The molecule has 0 amide bonds. The highest BCUT2D eigenvalue weighted by Crippen LogP contribution is 2.17. The molecule has 1 heterocycles. The first-order valence-corrected chi connectivity index (χ1v) is 6.36. The van der Waals surface area contributed by atoms with Crippen LogP contribution in [0, 0.1) is 11.7 Å². The second-order valence-electron chi connectivity index (χ2n) is 4.41. The molecular formula is C14H16N2O2S. The average molecular weight is 276 g/mol. The molecule has 0 aliphatic rings. The van der Waals surface area contributed by atoms with E-state index in [0.29, 0.717) is 16.9 Å². The molecule has 0 saturated heterocycles. The zero-order chi connectivity index (χ0) is 14.0. The molecule has 0 atom stereocenters. The molecule has 0 unspecified atom stereocenters. The Labute approximate surface area is 117 Å². The number of aryl methyl sites for hydroxylation is 1. The Balaban J connectivity index is 2.48. The van der Waals surface area contributed by atoms with Crippen LogP contribution in [-0.2, 0) is 18.2 Å². The Bertz CT molecular complexity index is 670. The molecule has 1 N–H and O–H groups in total. The molecule has 0 aliphatic heterocycles. The van der Waals surface area contributed by atoms with E-state index in [4.69, 9.17) is 17.0 Å². The molecule has 100 valence electrons. The summed E-state index contributed by atoms with van der Waals surface area (Å²) in [5.74, 6) is -0.393. The van der Waals surface area contributed by atoms with Gasteiger partial charge < -0.3 is 14.3 Å². The maximum Gasteiger partial charge on any atom is 0.356 e. The third kappa shape index (κ3) is 2.61. The van der Waals surface area contributed by atoms with E-state index in [2.05, 4.69) is 18.0 Å². The number of nitrogens with one attached hydrogen (secondary N) is 1. The van der Waals surface area contributed by atoms with Crippen LogP contribution < -0.4 is 0 Å². The fourth-order valence-electron chi connectivity index (χ4n) is 2.02. The molecule has 0 radical (unpaired) electrons. The molecule has 1 aromatic carbocycles. The number of aromatic amines is 1. The summed E-state index contributed by atoms with van der Waals surface area (Å²) in [5.41, 5.74) is 3.62. The van der Waals surface area contributed by atoms with Gasteiger partial charge in [-0.3, -0.25) is 0 Å². The van der Waals surface area contributed by atoms with Gasteiger partial charge in [-0.15, -0.1) is 0 Å². The first-order valence-electron chi connectivity index (χ1n) is 5.95. The standard InChI is InChI=1S/C14H16N2O2S/c1-9-6-4-5-7-10(9)8-11-12(13(17)18-3)15-14(19)16(11)2/h4-7H,8H2,1-3H3,(H,15,19). The fourth-order valence-corrected chi connectivity index (χ4v) is 2.23. The third-order valence-electron chi connectivity index (χ3n) is 3.24. The minimum absolute atomic E-state index is 0.393. The lowest BCUT2D eigenvalue weighted by Crippen LogP contribution is -2.08. The highest BCUT2D eigenvalue weighted by atomic mass is 32.1. The quantitative estimate of drug-likeness (QED) is 0.692. The van der Waals surface area contributed by atoms with Gasteiger partial charge in [0.1, 0.15) is 5.69 Å². The second-order valence-corrected chi connectivity index (χ2v) is 4.79. The summed E-state index contributed by atoms with van der Waals surface area (Å²) in [6.45, 7) is 2.05. The van der Waals surface area contributed by atoms with Crippen molar-refractivity contribution in [2.45, 2.75) is 13.3 Å². The van der Waals surface area contributed by atoms with Gasteiger partial charge in [-0.25, -0.2) is 4.79 Å². The smallest absolute Gasteiger partial charge is 0.356 e. The number of imidazole rings is 1. The van der Waals surface area contributed by atoms with Crippen molar-refractivity contribution < 1.29 is 9.53 Å². The molecule has 19 heavy (non-hydrogen) atoms. The van der Waals surface area contributed by atoms with Crippen molar-refractivity contribution in [3.05, 3.63) is 51.6 Å². The number of carbonyl (C=O) groups excluding carboxylic acids is 1. The molecule has 5 heteroatoms. The van der Waals surface area contributed by atoms with Gasteiger partial charge in [-0.05, 0) is 30.3 Å². The van der Waals surface area contributed by atoms with E-state index in [1.54, 1.807) is 0 Å². The molecule has 0 fully saturated rings. The first-order chi connectivity index (χ1) is 9.04. The largest absolute Gasteiger partial charge is 0.464 e. The Hall–Kier alpha value is -1.88. The van der Waals surface area contributed by atoms with Crippen LogP contribution in [0.5, 0.6) is 0 Å². The van der Waals surface area contributed by atoms with Crippen LogP contribution in [0.25, 0.3) is 0 Å². The fraction of sp³-hybridized carbons (Fsp3) is 0.286.